The number of aromatic nitrogens is 1. The molecule has 2 aromatic rings. The molecule has 0 spiro atoms. The van der Waals surface area contributed by atoms with Crippen LogP contribution in [0.25, 0.3) is 11.3 Å². The lowest BCUT2D eigenvalue weighted by Crippen LogP contribution is -2.25. The van der Waals surface area contributed by atoms with Crippen LogP contribution in [0, 0.1) is 5.92 Å². The van der Waals surface area contributed by atoms with Crippen molar-refractivity contribution < 1.29 is 19.1 Å². The summed E-state index contributed by atoms with van der Waals surface area (Å²) in [7, 11) is 1.43. The minimum Gasteiger partial charge on any atom is -0.496 e. The molecule has 0 fully saturated rings. The van der Waals surface area contributed by atoms with Gasteiger partial charge in [0.1, 0.15) is 5.75 Å². The Labute approximate surface area is 125 Å². The Bertz CT molecular complexity index is 744. The van der Waals surface area contributed by atoms with Gasteiger partial charge < -0.3 is 14.3 Å². The van der Waals surface area contributed by atoms with Crippen LogP contribution in [0.2, 0.25) is 5.02 Å². The zero-order chi connectivity index (χ0) is 15.7. The summed E-state index contributed by atoms with van der Waals surface area (Å²) in [5.74, 6) is -2.36. The van der Waals surface area contributed by atoms with Crippen molar-refractivity contribution in [3.05, 3.63) is 33.8 Å². The average Bonchev–Trinajstić information content (AvgIpc) is 2.73. The second kappa shape index (κ2) is 5.65. The maximum absolute atomic E-state index is 11.9. The molecule has 6 nitrogen and oxygen atoms in total. The summed E-state index contributed by atoms with van der Waals surface area (Å²) in [5.41, 5.74) is 0.287. The van der Waals surface area contributed by atoms with Crippen LogP contribution in [0.5, 0.6) is 11.6 Å². The fraction of sp³-hybridized carbons (Fsp3) is 0.286. The van der Waals surface area contributed by atoms with Crippen LogP contribution in [0.15, 0.2) is 27.4 Å². The number of oxazole rings is 1. The highest BCUT2D eigenvalue weighted by Gasteiger charge is 2.26. The second-order valence-corrected chi connectivity index (χ2v) is 5.13. The first kappa shape index (κ1) is 15.2. The van der Waals surface area contributed by atoms with Gasteiger partial charge in [0.15, 0.2) is 0 Å². The van der Waals surface area contributed by atoms with E-state index in [0.29, 0.717) is 15.3 Å². The molecule has 0 saturated carbocycles. The largest absolute Gasteiger partial charge is 0.496 e. The standard InChI is InChI=1S/C14H14ClNO5/c1-7(2)12(17)16-13(18)11(21-14(16)19)9-6-8(15)4-5-10(9)20-3/h4-7,18H,1-3H3. The highest BCUT2D eigenvalue weighted by Crippen LogP contribution is 2.37. The molecular weight excluding hydrogens is 298 g/mol. The maximum Gasteiger partial charge on any atom is 0.429 e. The van der Waals surface area contributed by atoms with E-state index < -0.39 is 23.5 Å². The van der Waals surface area contributed by atoms with Crippen molar-refractivity contribution in [2.24, 2.45) is 5.92 Å². The van der Waals surface area contributed by atoms with Gasteiger partial charge in [-0.1, -0.05) is 25.4 Å². The zero-order valence-corrected chi connectivity index (χ0v) is 12.5. The first-order chi connectivity index (χ1) is 9.86. The van der Waals surface area contributed by atoms with Gasteiger partial charge in [-0.2, -0.15) is 4.57 Å². The predicted octanol–water partition coefficient (Wildman–Crippen LogP) is 2.77. The summed E-state index contributed by atoms with van der Waals surface area (Å²) in [6.07, 6.45) is 0. The van der Waals surface area contributed by atoms with Crippen LogP contribution in [0.3, 0.4) is 0 Å². The molecule has 1 heterocycles. The Morgan fingerprint density at radius 2 is 2.10 bits per heavy atom. The molecule has 1 aromatic carbocycles. The Kier molecular flexibility index (Phi) is 4.09. The molecule has 1 N–H and O–H groups in total. The number of rotatable bonds is 3. The third-order valence-electron chi connectivity index (χ3n) is 2.91. The van der Waals surface area contributed by atoms with Crippen molar-refractivity contribution in [1.82, 2.24) is 4.57 Å². The Morgan fingerprint density at radius 3 is 2.67 bits per heavy atom. The van der Waals surface area contributed by atoms with E-state index in [-0.39, 0.29) is 11.3 Å². The molecule has 0 unspecified atom stereocenters. The number of carbonyl (C=O) groups is 1. The molecule has 0 amide bonds. The molecule has 0 aliphatic heterocycles. The first-order valence-corrected chi connectivity index (χ1v) is 6.57. The molecule has 0 radical (unpaired) electrons. The van der Waals surface area contributed by atoms with Gasteiger partial charge in [0, 0.05) is 10.9 Å². The van der Waals surface area contributed by atoms with E-state index >= 15 is 0 Å². The Balaban J connectivity index is 2.68. The van der Waals surface area contributed by atoms with E-state index in [1.54, 1.807) is 26.0 Å². The fourth-order valence-electron chi connectivity index (χ4n) is 1.85. The summed E-state index contributed by atoms with van der Waals surface area (Å²) in [6, 6.07) is 4.64. The lowest BCUT2D eigenvalue weighted by atomic mass is 10.1. The van der Waals surface area contributed by atoms with Gasteiger partial charge in [-0.3, -0.25) is 4.79 Å². The summed E-state index contributed by atoms with van der Waals surface area (Å²) in [5, 5.41) is 10.5. The van der Waals surface area contributed by atoms with E-state index in [0.717, 1.165) is 0 Å². The minimum atomic E-state index is -0.955. The molecule has 0 bridgehead atoms. The Morgan fingerprint density at radius 1 is 1.43 bits per heavy atom. The van der Waals surface area contributed by atoms with Gasteiger partial charge in [0.2, 0.25) is 17.5 Å². The van der Waals surface area contributed by atoms with Crippen molar-refractivity contribution in [3.63, 3.8) is 0 Å². The number of hydrogen-bond acceptors (Lipinski definition) is 5. The van der Waals surface area contributed by atoms with Gasteiger partial charge >= 0.3 is 5.76 Å². The summed E-state index contributed by atoms with van der Waals surface area (Å²) in [4.78, 5) is 23.7. The van der Waals surface area contributed by atoms with E-state index in [9.17, 15) is 14.7 Å². The third-order valence-corrected chi connectivity index (χ3v) is 3.14. The van der Waals surface area contributed by atoms with E-state index in [1.165, 1.54) is 13.2 Å². The highest BCUT2D eigenvalue weighted by molar-refractivity contribution is 6.31. The highest BCUT2D eigenvalue weighted by atomic mass is 35.5. The van der Waals surface area contributed by atoms with Gasteiger partial charge in [-0.05, 0) is 18.2 Å². The second-order valence-electron chi connectivity index (χ2n) is 4.69. The minimum absolute atomic E-state index is 0.159. The summed E-state index contributed by atoms with van der Waals surface area (Å²) < 4.78 is 10.7. The number of benzene rings is 1. The molecule has 1 aromatic heterocycles. The van der Waals surface area contributed by atoms with Crippen LogP contribution in [-0.4, -0.2) is 22.7 Å². The molecule has 0 aliphatic rings. The quantitative estimate of drug-likeness (QED) is 0.942. The van der Waals surface area contributed by atoms with Crippen molar-refractivity contribution in [2.45, 2.75) is 13.8 Å². The summed E-state index contributed by atoms with van der Waals surface area (Å²) >= 11 is 5.90. The average molecular weight is 312 g/mol. The lowest BCUT2D eigenvalue weighted by Gasteiger charge is -2.07. The van der Waals surface area contributed by atoms with Crippen molar-refractivity contribution in [2.75, 3.05) is 7.11 Å². The fourth-order valence-corrected chi connectivity index (χ4v) is 2.02. The predicted molar refractivity (Wildman–Crippen MR) is 77.1 cm³/mol. The number of nitrogens with zero attached hydrogens (tertiary/aromatic N) is 1. The van der Waals surface area contributed by atoms with Crippen molar-refractivity contribution in [3.8, 4) is 23.0 Å². The van der Waals surface area contributed by atoms with Crippen LogP contribution in [0.1, 0.15) is 18.6 Å². The SMILES string of the molecule is COc1ccc(Cl)cc1-c1oc(=O)n(C(=O)C(C)C)c1O. The Hall–Kier alpha value is -2.21. The number of carbonyl (C=O) groups excluding carboxylic acids is 1. The van der Waals surface area contributed by atoms with Gasteiger partial charge in [-0.25, -0.2) is 4.79 Å². The third kappa shape index (κ3) is 2.67. The van der Waals surface area contributed by atoms with Crippen molar-refractivity contribution >= 4 is 17.5 Å². The molecular formula is C14H14ClNO5. The topological polar surface area (TPSA) is 81.7 Å². The summed E-state index contributed by atoms with van der Waals surface area (Å²) in [6.45, 7) is 3.22. The molecule has 21 heavy (non-hydrogen) atoms. The normalized spacial score (nSPS) is 10.9. The molecule has 0 aliphatic carbocycles. The van der Waals surface area contributed by atoms with Crippen LogP contribution >= 0.6 is 11.6 Å². The van der Waals surface area contributed by atoms with E-state index in [1.807, 2.05) is 0 Å². The smallest absolute Gasteiger partial charge is 0.429 e. The van der Waals surface area contributed by atoms with Crippen LogP contribution < -0.4 is 10.5 Å². The van der Waals surface area contributed by atoms with Gasteiger partial charge in [0.25, 0.3) is 0 Å². The van der Waals surface area contributed by atoms with Crippen molar-refractivity contribution in [1.29, 1.82) is 0 Å². The molecule has 0 saturated heterocycles. The van der Waals surface area contributed by atoms with E-state index in [2.05, 4.69) is 0 Å². The number of hydrogen-bond donors (Lipinski definition) is 1. The number of halogens is 1. The first-order valence-electron chi connectivity index (χ1n) is 6.19. The monoisotopic (exact) mass is 311 g/mol. The molecule has 7 heteroatoms. The molecule has 2 rings (SSSR count). The molecule has 112 valence electrons. The van der Waals surface area contributed by atoms with Crippen LogP contribution in [-0.2, 0) is 0 Å². The lowest BCUT2D eigenvalue weighted by molar-refractivity contribution is 0.0837. The zero-order valence-electron chi connectivity index (χ0n) is 11.7. The van der Waals surface area contributed by atoms with Crippen LogP contribution in [0.4, 0.5) is 0 Å². The van der Waals surface area contributed by atoms with Gasteiger partial charge in [-0.15, -0.1) is 0 Å². The van der Waals surface area contributed by atoms with Gasteiger partial charge in [0.05, 0.1) is 12.7 Å². The number of ether oxygens (including phenoxy) is 1. The maximum atomic E-state index is 11.9. The molecule has 0 atom stereocenters. The number of aromatic hydroxyl groups is 1. The van der Waals surface area contributed by atoms with E-state index in [4.69, 9.17) is 20.8 Å². The number of methoxy groups -OCH3 is 1.